The van der Waals surface area contributed by atoms with Crippen molar-refractivity contribution in [3.05, 3.63) is 35.4 Å². The van der Waals surface area contributed by atoms with Crippen LogP contribution in [0.15, 0.2) is 24.3 Å². The van der Waals surface area contributed by atoms with E-state index in [-0.39, 0.29) is 0 Å². The SMILES string of the molecule is CCNC1c2ccccc2CC1CCSCC. The molecule has 0 bridgehead atoms. The van der Waals surface area contributed by atoms with Crippen molar-refractivity contribution in [2.45, 2.75) is 32.7 Å². The Balaban J connectivity index is 2.04. The molecular weight excluding hydrogens is 226 g/mol. The summed E-state index contributed by atoms with van der Waals surface area (Å²) >= 11 is 2.07. The fraction of sp³-hybridized carbons (Fsp3) is 0.600. The van der Waals surface area contributed by atoms with Crippen LogP contribution < -0.4 is 5.32 Å². The van der Waals surface area contributed by atoms with Gasteiger partial charge in [-0.15, -0.1) is 0 Å². The second kappa shape index (κ2) is 6.46. The molecular formula is C15H23NS. The van der Waals surface area contributed by atoms with Crippen molar-refractivity contribution in [1.82, 2.24) is 5.32 Å². The van der Waals surface area contributed by atoms with Gasteiger partial charge >= 0.3 is 0 Å². The lowest BCUT2D eigenvalue weighted by Crippen LogP contribution is -2.25. The average molecular weight is 249 g/mol. The van der Waals surface area contributed by atoms with Gasteiger partial charge in [0, 0.05) is 6.04 Å². The number of fused-ring (bicyclic) bond motifs is 1. The Labute approximate surface area is 109 Å². The predicted molar refractivity (Wildman–Crippen MR) is 77.7 cm³/mol. The van der Waals surface area contributed by atoms with Gasteiger partial charge in [-0.05, 0) is 47.9 Å². The molecule has 0 aliphatic heterocycles. The minimum Gasteiger partial charge on any atom is -0.310 e. The number of rotatable bonds is 6. The maximum Gasteiger partial charge on any atom is 0.0354 e. The minimum absolute atomic E-state index is 0.591. The molecule has 94 valence electrons. The van der Waals surface area contributed by atoms with Crippen molar-refractivity contribution < 1.29 is 0 Å². The molecule has 1 aliphatic rings. The van der Waals surface area contributed by atoms with Crippen LogP contribution in [0.25, 0.3) is 0 Å². The van der Waals surface area contributed by atoms with Gasteiger partial charge in [0.25, 0.3) is 0 Å². The van der Waals surface area contributed by atoms with E-state index >= 15 is 0 Å². The van der Waals surface area contributed by atoms with E-state index in [2.05, 4.69) is 55.2 Å². The van der Waals surface area contributed by atoms with Crippen LogP contribution in [-0.4, -0.2) is 18.1 Å². The summed E-state index contributed by atoms with van der Waals surface area (Å²) in [4.78, 5) is 0. The van der Waals surface area contributed by atoms with Crippen LogP contribution >= 0.6 is 11.8 Å². The first-order valence-electron chi connectivity index (χ1n) is 6.75. The van der Waals surface area contributed by atoms with Crippen LogP contribution in [0, 0.1) is 5.92 Å². The van der Waals surface area contributed by atoms with Gasteiger partial charge in [0.2, 0.25) is 0 Å². The highest BCUT2D eigenvalue weighted by Gasteiger charge is 2.30. The van der Waals surface area contributed by atoms with Crippen molar-refractivity contribution in [1.29, 1.82) is 0 Å². The summed E-state index contributed by atoms with van der Waals surface area (Å²) in [6.07, 6.45) is 2.60. The Hall–Kier alpha value is -0.470. The fourth-order valence-corrected chi connectivity index (χ4v) is 3.58. The number of nitrogens with one attached hydrogen (secondary N) is 1. The molecule has 0 fully saturated rings. The lowest BCUT2D eigenvalue weighted by atomic mass is 9.98. The molecule has 0 heterocycles. The molecule has 1 aromatic carbocycles. The summed E-state index contributed by atoms with van der Waals surface area (Å²) in [6.45, 7) is 5.52. The van der Waals surface area contributed by atoms with Gasteiger partial charge in [0.05, 0.1) is 0 Å². The van der Waals surface area contributed by atoms with Gasteiger partial charge in [-0.3, -0.25) is 0 Å². The summed E-state index contributed by atoms with van der Waals surface area (Å²) in [5.74, 6) is 3.34. The Morgan fingerprint density at radius 2 is 2.12 bits per heavy atom. The standard InChI is InChI=1S/C15H23NS/c1-3-16-15-13(9-10-17-4-2)11-12-7-5-6-8-14(12)15/h5-8,13,15-16H,3-4,9-11H2,1-2H3. The molecule has 1 N–H and O–H groups in total. The second-order valence-electron chi connectivity index (χ2n) is 4.68. The van der Waals surface area contributed by atoms with E-state index in [0.717, 1.165) is 12.5 Å². The predicted octanol–water partition coefficient (Wildman–Crippen LogP) is 3.65. The summed E-state index contributed by atoms with van der Waals surface area (Å²) < 4.78 is 0. The third kappa shape index (κ3) is 3.05. The Morgan fingerprint density at radius 1 is 1.29 bits per heavy atom. The van der Waals surface area contributed by atoms with Crippen LogP contribution in [0.1, 0.15) is 37.4 Å². The van der Waals surface area contributed by atoms with Gasteiger partial charge < -0.3 is 5.32 Å². The van der Waals surface area contributed by atoms with Crippen LogP contribution in [0.3, 0.4) is 0 Å². The molecule has 17 heavy (non-hydrogen) atoms. The summed E-state index contributed by atoms with van der Waals surface area (Å²) in [5, 5.41) is 3.67. The topological polar surface area (TPSA) is 12.0 Å². The highest BCUT2D eigenvalue weighted by atomic mass is 32.2. The lowest BCUT2D eigenvalue weighted by molar-refractivity contribution is 0.388. The van der Waals surface area contributed by atoms with Crippen molar-refractivity contribution in [3.63, 3.8) is 0 Å². The smallest absolute Gasteiger partial charge is 0.0354 e. The molecule has 2 unspecified atom stereocenters. The molecule has 2 rings (SSSR count). The maximum absolute atomic E-state index is 3.67. The van der Waals surface area contributed by atoms with E-state index in [1.807, 2.05) is 0 Å². The van der Waals surface area contributed by atoms with E-state index in [9.17, 15) is 0 Å². The highest BCUT2D eigenvalue weighted by molar-refractivity contribution is 7.99. The molecule has 0 spiro atoms. The normalized spacial score (nSPS) is 22.7. The zero-order chi connectivity index (χ0) is 12.1. The molecule has 0 amide bonds. The van der Waals surface area contributed by atoms with Gasteiger partial charge in [-0.25, -0.2) is 0 Å². The monoisotopic (exact) mass is 249 g/mol. The van der Waals surface area contributed by atoms with Crippen LogP contribution in [0.2, 0.25) is 0 Å². The van der Waals surface area contributed by atoms with Crippen LogP contribution in [-0.2, 0) is 6.42 Å². The van der Waals surface area contributed by atoms with Crippen molar-refractivity contribution in [2.24, 2.45) is 5.92 Å². The molecule has 0 saturated carbocycles. The number of thioether (sulfide) groups is 1. The minimum atomic E-state index is 0.591. The van der Waals surface area contributed by atoms with E-state index in [1.165, 1.54) is 24.3 Å². The number of benzene rings is 1. The fourth-order valence-electron chi connectivity index (χ4n) is 2.82. The van der Waals surface area contributed by atoms with Gasteiger partial charge in [0.1, 0.15) is 0 Å². The van der Waals surface area contributed by atoms with Gasteiger partial charge in [-0.1, -0.05) is 38.1 Å². The van der Waals surface area contributed by atoms with Crippen molar-refractivity contribution in [2.75, 3.05) is 18.1 Å². The average Bonchev–Trinajstić information content (AvgIpc) is 2.69. The van der Waals surface area contributed by atoms with E-state index in [0.29, 0.717) is 6.04 Å². The highest BCUT2D eigenvalue weighted by Crippen LogP contribution is 2.38. The van der Waals surface area contributed by atoms with E-state index in [4.69, 9.17) is 0 Å². The first kappa shape index (κ1) is 13.0. The summed E-state index contributed by atoms with van der Waals surface area (Å²) in [7, 11) is 0. The Morgan fingerprint density at radius 3 is 2.88 bits per heavy atom. The third-order valence-electron chi connectivity index (χ3n) is 3.60. The van der Waals surface area contributed by atoms with Gasteiger partial charge in [0.15, 0.2) is 0 Å². The van der Waals surface area contributed by atoms with E-state index < -0.39 is 0 Å². The quantitative estimate of drug-likeness (QED) is 0.772. The number of hydrogen-bond acceptors (Lipinski definition) is 2. The first-order chi connectivity index (χ1) is 8.36. The molecule has 0 radical (unpaired) electrons. The van der Waals surface area contributed by atoms with Crippen LogP contribution in [0.5, 0.6) is 0 Å². The maximum atomic E-state index is 3.67. The van der Waals surface area contributed by atoms with Crippen molar-refractivity contribution >= 4 is 11.8 Å². The summed E-state index contributed by atoms with van der Waals surface area (Å²) in [6, 6.07) is 9.54. The summed E-state index contributed by atoms with van der Waals surface area (Å²) in [5.41, 5.74) is 3.10. The molecule has 2 atom stereocenters. The zero-order valence-electron chi connectivity index (χ0n) is 10.9. The second-order valence-corrected chi connectivity index (χ2v) is 6.08. The molecule has 0 aromatic heterocycles. The first-order valence-corrected chi connectivity index (χ1v) is 7.91. The largest absolute Gasteiger partial charge is 0.310 e. The molecule has 1 nitrogen and oxygen atoms in total. The molecule has 2 heteroatoms. The zero-order valence-corrected chi connectivity index (χ0v) is 11.7. The third-order valence-corrected chi connectivity index (χ3v) is 4.54. The molecule has 0 saturated heterocycles. The molecule has 1 aromatic rings. The van der Waals surface area contributed by atoms with E-state index in [1.54, 1.807) is 11.1 Å². The Kier molecular flexibility index (Phi) is 4.93. The number of hydrogen-bond donors (Lipinski definition) is 1. The molecule has 1 aliphatic carbocycles. The Bertz CT molecular complexity index is 351. The van der Waals surface area contributed by atoms with Crippen molar-refractivity contribution in [3.8, 4) is 0 Å². The van der Waals surface area contributed by atoms with Gasteiger partial charge in [-0.2, -0.15) is 11.8 Å². The lowest BCUT2D eigenvalue weighted by Gasteiger charge is -2.21. The van der Waals surface area contributed by atoms with Crippen LogP contribution in [0.4, 0.5) is 0 Å².